The summed E-state index contributed by atoms with van der Waals surface area (Å²) in [4.78, 5) is 12.3. The molecule has 0 bridgehead atoms. The van der Waals surface area contributed by atoms with E-state index in [1.54, 1.807) is 0 Å². The summed E-state index contributed by atoms with van der Waals surface area (Å²) in [6.07, 6.45) is 0. The molecule has 0 fully saturated rings. The van der Waals surface area contributed by atoms with E-state index in [1.165, 1.54) is 22.3 Å². The van der Waals surface area contributed by atoms with Crippen LogP contribution in [0.3, 0.4) is 0 Å². The maximum Gasteiger partial charge on any atom is 0.251 e. The molecule has 0 saturated carbocycles. The van der Waals surface area contributed by atoms with Gasteiger partial charge in [-0.25, -0.2) is 0 Å². The molecule has 1 amide bonds. The minimum absolute atomic E-state index is 0.00430. The molecule has 0 radical (unpaired) electrons. The topological polar surface area (TPSA) is 29.1 Å². The van der Waals surface area contributed by atoms with Gasteiger partial charge in [-0.15, -0.1) is 0 Å². The second kappa shape index (κ2) is 11.7. The first-order chi connectivity index (χ1) is 14.2. The smallest absolute Gasteiger partial charge is 0.251 e. The van der Waals surface area contributed by atoms with Gasteiger partial charge in [0.25, 0.3) is 5.91 Å². The van der Waals surface area contributed by atoms with Crippen LogP contribution in [-0.4, -0.2) is 18.2 Å². The van der Waals surface area contributed by atoms with Crippen LogP contribution in [0.25, 0.3) is 0 Å². The van der Waals surface area contributed by atoms with Crippen LogP contribution >= 0.6 is 23.5 Å². The summed E-state index contributed by atoms with van der Waals surface area (Å²) >= 11 is 3.73. The van der Waals surface area contributed by atoms with Crippen LogP contribution in [0.15, 0.2) is 78.9 Å². The van der Waals surface area contributed by atoms with Crippen molar-refractivity contribution in [2.24, 2.45) is 0 Å². The molecule has 3 aromatic rings. The molecule has 0 atom stereocenters. The molecular weight excluding hydrogens is 394 g/mol. The molecule has 3 rings (SSSR count). The summed E-state index contributed by atoms with van der Waals surface area (Å²) in [6, 6.07) is 27.0. The number of rotatable bonds is 10. The Morgan fingerprint density at radius 3 is 2.14 bits per heavy atom. The van der Waals surface area contributed by atoms with Crippen molar-refractivity contribution < 1.29 is 4.79 Å². The van der Waals surface area contributed by atoms with E-state index in [-0.39, 0.29) is 5.91 Å². The Labute approximate surface area is 182 Å². The van der Waals surface area contributed by atoms with Gasteiger partial charge in [-0.1, -0.05) is 72.3 Å². The lowest BCUT2D eigenvalue weighted by atomic mass is 10.1. The van der Waals surface area contributed by atoms with Gasteiger partial charge in [0.15, 0.2) is 0 Å². The van der Waals surface area contributed by atoms with Crippen LogP contribution in [-0.2, 0) is 17.3 Å². The number of thioether (sulfide) groups is 2. The molecule has 3 aromatic carbocycles. The van der Waals surface area contributed by atoms with Crippen LogP contribution in [0.5, 0.6) is 0 Å². The van der Waals surface area contributed by atoms with Crippen LogP contribution in [0.1, 0.15) is 32.6 Å². The highest BCUT2D eigenvalue weighted by Gasteiger charge is 2.05. The third-order valence-electron chi connectivity index (χ3n) is 4.48. The predicted octanol–water partition coefficient (Wildman–Crippen LogP) is 6.09. The minimum Gasteiger partial charge on any atom is -0.351 e. The van der Waals surface area contributed by atoms with Crippen molar-refractivity contribution in [1.82, 2.24) is 5.32 Å². The van der Waals surface area contributed by atoms with E-state index in [0.29, 0.717) is 6.54 Å². The first kappa shape index (κ1) is 21.5. The number of amides is 1. The Balaban J connectivity index is 1.34. The Hall–Kier alpha value is -2.17. The van der Waals surface area contributed by atoms with E-state index >= 15 is 0 Å². The average molecular weight is 422 g/mol. The van der Waals surface area contributed by atoms with Crippen molar-refractivity contribution in [1.29, 1.82) is 0 Å². The summed E-state index contributed by atoms with van der Waals surface area (Å²) in [6.45, 7) is 2.80. The minimum atomic E-state index is 0.00430. The fourth-order valence-corrected chi connectivity index (χ4v) is 4.71. The molecule has 29 heavy (non-hydrogen) atoms. The molecule has 150 valence electrons. The van der Waals surface area contributed by atoms with E-state index in [9.17, 15) is 4.79 Å². The number of carbonyl (C=O) groups is 1. The first-order valence-corrected chi connectivity index (χ1v) is 12.1. The van der Waals surface area contributed by atoms with E-state index in [0.717, 1.165) is 28.6 Å². The van der Waals surface area contributed by atoms with Gasteiger partial charge >= 0.3 is 0 Å². The zero-order valence-corrected chi connectivity index (χ0v) is 18.4. The van der Waals surface area contributed by atoms with Crippen molar-refractivity contribution in [2.45, 2.75) is 24.2 Å². The maximum absolute atomic E-state index is 12.3. The average Bonchev–Trinajstić information content (AvgIpc) is 2.75. The lowest BCUT2D eigenvalue weighted by molar-refractivity contribution is 0.0956. The van der Waals surface area contributed by atoms with Gasteiger partial charge in [0, 0.05) is 35.1 Å². The van der Waals surface area contributed by atoms with Gasteiger partial charge < -0.3 is 5.32 Å². The van der Waals surface area contributed by atoms with E-state index in [4.69, 9.17) is 0 Å². The standard InChI is InChI=1S/C25H27NOS2/c1-20-6-5-9-23(16-20)19-28-15-14-26-25(27)24-12-10-22(11-13-24)18-29-17-21-7-3-2-4-8-21/h2-13,16H,14-15,17-19H2,1H3,(H,26,27). The maximum atomic E-state index is 12.3. The number of hydrogen-bond donors (Lipinski definition) is 1. The van der Waals surface area contributed by atoms with Crippen LogP contribution in [0.2, 0.25) is 0 Å². The number of nitrogens with one attached hydrogen (secondary N) is 1. The quantitative estimate of drug-likeness (QED) is 0.402. The molecule has 0 saturated heterocycles. The second-order valence-electron chi connectivity index (χ2n) is 6.97. The van der Waals surface area contributed by atoms with Gasteiger partial charge in [-0.3, -0.25) is 4.79 Å². The Morgan fingerprint density at radius 2 is 1.41 bits per heavy atom. The number of hydrogen-bond acceptors (Lipinski definition) is 3. The predicted molar refractivity (Wildman–Crippen MR) is 128 cm³/mol. The lowest BCUT2D eigenvalue weighted by Gasteiger charge is -2.07. The van der Waals surface area contributed by atoms with E-state index in [1.807, 2.05) is 41.7 Å². The summed E-state index contributed by atoms with van der Waals surface area (Å²) in [5.41, 5.74) is 5.94. The summed E-state index contributed by atoms with van der Waals surface area (Å²) in [5.74, 6) is 3.85. The van der Waals surface area contributed by atoms with Crippen molar-refractivity contribution in [2.75, 3.05) is 12.3 Å². The largest absolute Gasteiger partial charge is 0.351 e. The van der Waals surface area contributed by atoms with Crippen LogP contribution < -0.4 is 5.32 Å². The Morgan fingerprint density at radius 1 is 0.759 bits per heavy atom. The normalized spacial score (nSPS) is 10.7. The highest BCUT2D eigenvalue weighted by atomic mass is 32.2. The highest BCUT2D eigenvalue weighted by Crippen LogP contribution is 2.18. The van der Waals surface area contributed by atoms with Gasteiger partial charge in [0.2, 0.25) is 0 Å². The van der Waals surface area contributed by atoms with Gasteiger partial charge in [-0.05, 0) is 35.7 Å². The lowest BCUT2D eigenvalue weighted by Crippen LogP contribution is -2.25. The first-order valence-electron chi connectivity index (χ1n) is 9.83. The molecule has 0 unspecified atom stereocenters. The SMILES string of the molecule is Cc1cccc(CSCCNC(=O)c2ccc(CSCc3ccccc3)cc2)c1. The molecule has 4 heteroatoms. The van der Waals surface area contributed by atoms with Gasteiger partial charge in [0.05, 0.1) is 0 Å². The molecule has 0 spiro atoms. The van der Waals surface area contributed by atoms with Crippen molar-refractivity contribution in [3.05, 3.63) is 107 Å². The third-order valence-corrected chi connectivity index (χ3v) is 6.58. The summed E-state index contributed by atoms with van der Waals surface area (Å²) < 4.78 is 0. The zero-order valence-electron chi connectivity index (χ0n) is 16.8. The number of benzene rings is 3. The molecule has 0 heterocycles. The molecule has 2 nitrogen and oxygen atoms in total. The second-order valence-corrected chi connectivity index (χ2v) is 9.06. The fourth-order valence-electron chi connectivity index (χ4n) is 2.94. The van der Waals surface area contributed by atoms with Crippen molar-refractivity contribution in [3.8, 4) is 0 Å². The fraction of sp³-hybridized carbons (Fsp3) is 0.240. The van der Waals surface area contributed by atoms with E-state index in [2.05, 4.69) is 72.9 Å². The molecule has 0 aliphatic heterocycles. The number of aryl methyl sites for hydroxylation is 1. The van der Waals surface area contributed by atoms with Crippen molar-refractivity contribution >= 4 is 29.4 Å². The highest BCUT2D eigenvalue weighted by molar-refractivity contribution is 7.98. The Kier molecular flexibility index (Phi) is 8.72. The van der Waals surface area contributed by atoms with Gasteiger partial charge in [0.1, 0.15) is 0 Å². The van der Waals surface area contributed by atoms with Gasteiger partial charge in [-0.2, -0.15) is 23.5 Å². The van der Waals surface area contributed by atoms with Crippen LogP contribution in [0.4, 0.5) is 0 Å². The van der Waals surface area contributed by atoms with E-state index < -0.39 is 0 Å². The molecule has 1 N–H and O–H groups in total. The van der Waals surface area contributed by atoms with Crippen molar-refractivity contribution in [3.63, 3.8) is 0 Å². The summed E-state index contributed by atoms with van der Waals surface area (Å²) in [5, 5.41) is 3.02. The monoisotopic (exact) mass is 421 g/mol. The Bertz CT molecular complexity index is 894. The molecular formula is C25H27NOS2. The van der Waals surface area contributed by atoms with Crippen LogP contribution in [0, 0.1) is 6.92 Å². The summed E-state index contributed by atoms with van der Waals surface area (Å²) in [7, 11) is 0. The zero-order chi connectivity index (χ0) is 20.3. The number of carbonyl (C=O) groups excluding carboxylic acids is 1. The molecule has 0 aromatic heterocycles. The molecule has 0 aliphatic carbocycles. The third kappa shape index (κ3) is 7.64. The molecule has 0 aliphatic rings.